The molecule has 20 heavy (non-hydrogen) atoms. The summed E-state index contributed by atoms with van der Waals surface area (Å²) in [4.78, 5) is 11.3. The predicted molar refractivity (Wildman–Crippen MR) is 84.0 cm³/mol. The van der Waals surface area contributed by atoms with Crippen LogP contribution in [0.25, 0.3) is 5.65 Å². The molecular weight excluding hydrogens is 318 g/mol. The molecule has 0 spiro atoms. The lowest BCUT2D eigenvalue weighted by atomic mass is 9.80. The molecule has 2 aromatic heterocycles. The zero-order chi connectivity index (χ0) is 14.2. The summed E-state index contributed by atoms with van der Waals surface area (Å²) in [6.07, 6.45) is 8.09. The Kier molecular flexibility index (Phi) is 3.69. The number of piperidine rings is 1. The highest BCUT2D eigenvalue weighted by Gasteiger charge is 2.28. The summed E-state index contributed by atoms with van der Waals surface area (Å²) in [6, 6.07) is 0. The normalized spacial score (nSPS) is 19.4. The maximum absolute atomic E-state index is 4.52. The monoisotopic (exact) mass is 337 g/mol. The van der Waals surface area contributed by atoms with Gasteiger partial charge >= 0.3 is 0 Å². The quantitative estimate of drug-likeness (QED) is 0.935. The second-order valence-electron chi connectivity index (χ2n) is 6.04. The maximum atomic E-state index is 4.52. The maximum Gasteiger partial charge on any atom is 0.180 e. The molecule has 0 atom stereocenters. The average Bonchev–Trinajstić information content (AvgIpc) is 2.88. The molecule has 3 heterocycles. The van der Waals surface area contributed by atoms with Crippen molar-refractivity contribution in [2.75, 3.05) is 32.0 Å². The first-order valence-electron chi connectivity index (χ1n) is 6.97. The fourth-order valence-electron chi connectivity index (χ4n) is 2.65. The van der Waals surface area contributed by atoms with E-state index in [1.165, 1.54) is 25.9 Å². The van der Waals surface area contributed by atoms with Gasteiger partial charge in [-0.05, 0) is 54.3 Å². The van der Waals surface area contributed by atoms with Crippen LogP contribution in [0.2, 0.25) is 0 Å². The summed E-state index contributed by atoms with van der Waals surface area (Å²) in [6.45, 7) is 5.63. The summed E-state index contributed by atoms with van der Waals surface area (Å²) in [5, 5.41) is 3.50. The zero-order valence-corrected chi connectivity index (χ0v) is 13.5. The van der Waals surface area contributed by atoms with E-state index in [-0.39, 0.29) is 0 Å². The number of anilines is 1. The van der Waals surface area contributed by atoms with E-state index in [0.717, 1.165) is 22.6 Å². The van der Waals surface area contributed by atoms with Crippen molar-refractivity contribution in [3.05, 3.63) is 23.2 Å². The fraction of sp³-hybridized carbons (Fsp3) is 0.571. The van der Waals surface area contributed by atoms with Crippen molar-refractivity contribution in [1.29, 1.82) is 0 Å². The number of imidazole rings is 1. The van der Waals surface area contributed by atoms with E-state index in [1.807, 2.05) is 16.8 Å². The SMILES string of the molecule is CN1CCC(C)(CNc2nc(Br)cn3ccnc23)CC1. The van der Waals surface area contributed by atoms with Gasteiger partial charge in [0.25, 0.3) is 0 Å². The van der Waals surface area contributed by atoms with Crippen LogP contribution in [0.5, 0.6) is 0 Å². The summed E-state index contributed by atoms with van der Waals surface area (Å²) in [7, 11) is 2.19. The third-order valence-corrected chi connectivity index (χ3v) is 4.60. The Balaban J connectivity index is 1.75. The molecule has 5 nitrogen and oxygen atoms in total. The number of nitrogens with zero attached hydrogens (tertiary/aromatic N) is 4. The number of hydrogen-bond donors (Lipinski definition) is 1. The van der Waals surface area contributed by atoms with E-state index in [9.17, 15) is 0 Å². The first-order valence-corrected chi connectivity index (χ1v) is 7.77. The van der Waals surface area contributed by atoms with Crippen LogP contribution in [0, 0.1) is 5.41 Å². The Morgan fingerprint density at radius 2 is 2.15 bits per heavy atom. The Morgan fingerprint density at radius 1 is 1.40 bits per heavy atom. The molecule has 108 valence electrons. The molecule has 6 heteroatoms. The number of likely N-dealkylation sites (tertiary alicyclic amines) is 1. The Labute approximate surface area is 127 Å². The van der Waals surface area contributed by atoms with E-state index in [4.69, 9.17) is 0 Å². The third kappa shape index (κ3) is 2.81. The van der Waals surface area contributed by atoms with E-state index in [2.05, 4.69) is 50.1 Å². The number of fused-ring (bicyclic) bond motifs is 1. The highest BCUT2D eigenvalue weighted by molar-refractivity contribution is 9.10. The van der Waals surface area contributed by atoms with Crippen LogP contribution in [0.3, 0.4) is 0 Å². The van der Waals surface area contributed by atoms with Gasteiger partial charge in [0.05, 0.1) is 0 Å². The van der Waals surface area contributed by atoms with E-state index in [0.29, 0.717) is 5.41 Å². The molecule has 0 unspecified atom stereocenters. The third-order valence-electron chi connectivity index (χ3n) is 4.22. The summed E-state index contributed by atoms with van der Waals surface area (Å²) in [5.41, 5.74) is 1.21. The van der Waals surface area contributed by atoms with Crippen molar-refractivity contribution in [3.8, 4) is 0 Å². The molecule has 1 fully saturated rings. The summed E-state index contributed by atoms with van der Waals surface area (Å²) in [5.74, 6) is 0.851. The first-order chi connectivity index (χ1) is 9.56. The lowest BCUT2D eigenvalue weighted by Crippen LogP contribution is -2.40. The van der Waals surface area contributed by atoms with Gasteiger partial charge in [0.1, 0.15) is 4.60 Å². The van der Waals surface area contributed by atoms with Crippen molar-refractivity contribution in [2.24, 2.45) is 5.41 Å². The van der Waals surface area contributed by atoms with E-state index < -0.39 is 0 Å². The standard InChI is InChI=1S/C14H20BrN5/c1-14(3-6-19(2)7-4-14)10-17-12-13-16-5-8-20(13)9-11(15)18-12/h5,8-9H,3-4,6-7,10H2,1-2H3,(H,17,18). The molecule has 0 bridgehead atoms. The van der Waals surface area contributed by atoms with Gasteiger partial charge in [-0.25, -0.2) is 9.97 Å². The van der Waals surface area contributed by atoms with Crippen LogP contribution in [-0.4, -0.2) is 46.0 Å². The lowest BCUT2D eigenvalue weighted by Gasteiger charge is -2.38. The molecule has 1 aliphatic rings. The molecule has 1 N–H and O–H groups in total. The van der Waals surface area contributed by atoms with Crippen LogP contribution in [0.4, 0.5) is 5.82 Å². The Morgan fingerprint density at radius 3 is 2.90 bits per heavy atom. The van der Waals surface area contributed by atoms with Crippen molar-refractivity contribution in [3.63, 3.8) is 0 Å². The van der Waals surface area contributed by atoms with Gasteiger partial charge in [-0.3, -0.25) is 0 Å². The average molecular weight is 338 g/mol. The smallest absolute Gasteiger partial charge is 0.180 e. The lowest BCUT2D eigenvalue weighted by molar-refractivity contribution is 0.150. The minimum absolute atomic E-state index is 0.333. The van der Waals surface area contributed by atoms with Crippen LogP contribution in [-0.2, 0) is 0 Å². The van der Waals surface area contributed by atoms with Gasteiger partial charge in [0, 0.05) is 25.1 Å². The van der Waals surface area contributed by atoms with E-state index >= 15 is 0 Å². The topological polar surface area (TPSA) is 45.5 Å². The van der Waals surface area contributed by atoms with E-state index in [1.54, 1.807) is 6.20 Å². The highest BCUT2D eigenvalue weighted by atomic mass is 79.9. The fourth-order valence-corrected chi connectivity index (χ4v) is 3.05. The van der Waals surface area contributed by atoms with Gasteiger partial charge < -0.3 is 14.6 Å². The van der Waals surface area contributed by atoms with Crippen LogP contribution in [0.1, 0.15) is 19.8 Å². The molecule has 0 aliphatic carbocycles. The number of aromatic nitrogens is 3. The van der Waals surface area contributed by atoms with Crippen molar-refractivity contribution in [2.45, 2.75) is 19.8 Å². The number of nitrogens with one attached hydrogen (secondary N) is 1. The van der Waals surface area contributed by atoms with Crippen LogP contribution < -0.4 is 5.32 Å². The first kappa shape index (κ1) is 13.8. The van der Waals surface area contributed by atoms with Crippen molar-refractivity contribution in [1.82, 2.24) is 19.3 Å². The van der Waals surface area contributed by atoms with Gasteiger partial charge in [-0.2, -0.15) is 0 Å². The van der Waals surface area contributed by atoms with Gasteiger partial charge in [-0.1, -0.05) is 6.92 Å². The van der Waals surface area contributed by atoms with Crippen LogP contribution in [0.15, 0.2) is 23.2 Å². The summed E-state index contributed by atoms with van der Waals surface area (Å²) >= 11 is 3.45. The molecule has 1 aliphatic heterocycles. The molecule has 0 radical (unpaired) electrons. The summed E-state index contributed by atoms with van der Waals surface area (Å²) < 4.78 is 2.80. The minimum atomic E-state index is 0.333. The highest BCUT2D eigenvalue weighted by Crippen LogP contribution is 2.31. The molecular formula is C14H20BrN5. The van der Waals surface area contributed by atoms with Crippen molar-refractivity contribution >= 4 is 27.4 Å². The number of halogens is 1. The Bertz CT molecular complexity index is 601. The van der Waals surface area contributed by atoms with Gasteiger partial charge in [0.2, 0.25) is 0 Å². The second kappa shape index (κ2) is 5.33. The molecule has 1 saturated heterocycles. The van der Waals surface area contributed by atoms with Gasteiger partial charge in [0.15, 0.2) is 11.5 Å². The van der Waals surface area contributed by atoms with Crippen molar-refractivity contribution < 1.29 is 0 Å². The molecule has 3 rings (SSSR count). The Hall–Kier alpha value is -1.14. The predicted octanol–water partition coefficient (Wildman–Crippen LogP) is 2.64. The number of rotatable bonds is 3. The minimum Gasteiger partial charge on any atom is -0.366 e. The van der Waals surface area contributed by atoms with Gasteiger partial charge in [-0.15, -0.1) is 0 Å². The molecule has 0 amide bonds. The molecule has 2 aromatic rings. The molecule has 0 aromatic carbocycles. The van der Waals surface area contributed by atoms with Crippen LogP contribution >= 0.6 is 15.9 Å². The zero-order valence-electron chi connectivity index (χ0n) is 11.9. The molecule has 0 saturated carbocycles. The largest absolute Gasteiger partial charge is 0.366 e. The second-order valence-corrected chi connectivity index (χ2v) is 6.85. The number of hydrogen-bond acceptors (Lipinski definition) is 4.